The molecule has 1 N–H and O–H groups in total. The van der Waals surface area contributed by atoms with Crippen LogP contribution in [0.3, 0.4) is 0 Å². The number of imide groups is 2. The van der Waals surface area contributed by atoms with E-state index in [-0.39, 0.29) is 12.2 Å². The number of benzene rings is 3. The molecule has 0 unspecified atom stereocenters. The normalized spacial score (nSPS) is 15.0. The summed E-state index contributed by atoms with van der Waals surface area (Å²) in [5.41, 5.74) is 1.38. The molecular weight excluding hydrogens is 611 g/mol. The fourth-order valence-electron chi connectivity index (χ4n) is 3.19. The summed E-state index contributed by atoms with van der Waals surface area (Å²) in [6, 6.07) is 16.1. The van der Waals surface area contributed by atoms with Gasteiger partial charge in [0.05, 0.1) is 15.7 Å². The van der Waals surface area contributed by atoms with Crippen LogP contribution in [0.15, 0.2) is 75.2 Å². The number of nitrogens with zero attached hydrogens (tertiary/aromatic N) is 1. The number of hydrogen-bond donors (Lipinski definition) is 1. The summed E-state index contributed by atoms with van der Waals surface area (Å²) < 4.78 is 7.43. The maximum Gasteiger partial charge on any atom is 0.335 e. The predicted octanol–water partition coefficient (Wildman–Crippen LogP) is 6.76. The van der Waals surface area contributed by atoms with Crippen molar-refractivity contribution in [3.05, 3.63) is 96.4 Å². The standard InChI is InChI=1S/C24H14Br2Cl2N2O4/c25-15-2-5-17(6-3-15)30-23(32)18(22(31)29-24(30)33)11-14-10-16(26)4-8-21(14)34-12-13-1-7-19(27)20(28)9-13/h1-11H,12H2,(H,29,31,33)/b18-11+. The molecule has 0 saturated carbocycles. The van der Waals surface area contributed by atoms with Crippen LogP contribution in [0.5, 0.6) is 5.75 Å². The molecule has 172 valence electrons. The number of amides is 4. The fourth-order valence-corrected chi connectivity index (χ4v) is 4.16. The molecule has 0 radical (unpaired) electrons. The van der Waals surface area contributed by atoms with Gasteiger partial charge < -0.3 is 4.74 Å². The summed E-state index contributed by atoms with van der Waals surface area (Å²) in [5.74, 6) is -1.11. The Kier molecular flexibility index (Phi) is 7.42. The van der Waals surface area contributed by atoms with Crippen molar-refractivity contribution in [3.63, 3.8) is 0 Å². The highest BCUT2D eigenvalue weighted by molar-refractivity contribution is 9.10. The number of ether oxygens (including phenoxy) is 1. The first-order valence-corrected chi connectivity index (χ1v) is 12.1. The predicted molar refractivity (Wildman–Crippen MR) is 138 cm³/mol. The Morgan fingerprint density at radius 1 is 0.882 bits per heavy atom. The van der Waals surface area contributed by atoms with Crippen LogP contribution in [0.4, 0.5) is 10.5 Å². The van der Waals surface area contributed by atoms with E-state index in [1.54, 1.807) is 60.7 Å². The monoisotopic (exact) mass is 622 g/mol. The van der Waals surface area contributed by atoms with Crippen molar-refractivity contribution < 1.29 is 19.1 Å². The quantitative estimate of drug-likeness (QED) is 0.251. The molecule has 0 atom stereocenters. The van der Waals surface area contributed by atoms with E-state index in [0.717, 1.165) is 14.9 Å². The van der Waals surface area contributed by atoms with Gasteiger partial charge in [0, 0.05) is 14.5 Å². The first-order chi connectivity index (χ1) is 16.2. The molecule has 0 spiro atoms. The fraction of sp³-hybridized carbons (Fsp3) is 0.0417. The van der Waals surface area contributed by atoms with E-state index in [2.05, 4.69) is 37.2 Å². The average molecular weight is 625 g/mol. The zero-order valence-corrected chi connectivity index (χ0v) is 21.8. The number of nitrogens with one attached hydrogen (secondary N) is 1. The van der Waals surface area contributed by atoms with Crippen molar-refractivity contribution in [2.45, 2.75) is 6.61 Å². The first kappa shape index (κ1) is 24.5. The lowest BCUT2D eigenvalue weighted by Crippen LogP contribution is -2.54. The first-order valence-electron chi connectivity index (χ1n) is 9.76. The molecule has 34 heavy (non-hydrogen) atoms. The molecule has 1 heterocycles. The lowest BCUT2D eigenvalue weighted by Gasteiger charge is -2.26. The molecule has 1 aliphatic heterocycles. The van der Waals surface area contributed by atoms with Crippen molar-refractivity contribution in [1.29, 1.82) is 0 Å². The highest BCUT2D eigenvalue weighted by atomic mass is 79.9. The lowest BCUT2D eigenvalue weighted by atomic mass is 10.1. The van der Waals surface area contributed by atoms with Crippen LogP contribution < -0.4 is 15.0 Å². The maximum atomic E-state index is 13.2. The van der Waals surface area contributed by atoms with E-state index in [1.165, 1.54) is 6.08 Å². The molecule has 3 aromatic carbocycles. The Morgan fingerprint density at radius 3 is 2.29 bits per heavy atom. The Labute approximate surface area is 221 Å². The molecular formula is C24H14Br2Cl2N2O4. The van der Waals surface area contributed by atoms with Crippen LogP contribution >= 0.6 is 55.1 Å². The van der Waals surface area contributed by atoms with E-state index in [1.807, 2.05) is 0 Å². The summed E-state index contributed by atoms with van der Waals surface area (Å²) in [6.07, 6.45) is 1.39. The summed E-state index contributed by atoms with van der Waals surface area (Å²) >= 11 is 18.8. The Bertz CT molecular complexity index is 1340. The molecule has 4 amide bonds. The van der Waals surface area contributed by atoms with Crippen LogP contribution in [0.25, 0.3) is 6.08 Å². The highest BCUT2D eigenvalue weighted by Gasteiger charge is 2.37. The number of carbonyl (C=O) groups is 3. The van der Waals surface area contributed by atoms with E-state index >= 15 is 0 Å². The molecule has 1 fully saturated rings. The van der Waals surface area contributed by atoms with Crippen molar-refractivity contribution in [2.24, 2.45) is 0 Å². The number of hydrogen-bond acceptors (Lipinski definition) is 4. The summed E-state index contributed by atoms with van der Waals surface area (Å²) in [5, 5.41) is 3.06. The number of halogens is 4. The zero-order valence-electron chi connectivity index (χ0n) is 17.2. The minimum atomic E-state index is -0.820. The minimum absolute atomic E-state index is 0.179. The summed E-state index contributed by atoms with van der Waals surface area (Å²) in [4.78, 5) is 39.0. The van der Waals surface area contributed by atoms with Crippen molar-refractivity contribution in [1.82, 2.24) is 5.32 Å². The van der Waals surface area contributed by atoms with Gasteiger partial charge in [-0.05, 0) is 66.2 Å². The second kappa shape index (κ2) is 10.3. The van der Waals surface area contributed by atoms with Gasteiger partial charge >= 0.3 is 6.03 Å². The number of urea groups is 1. The van der Waals surface area contributed by atoms with Crippen LogP contribution in [-0.4, -0.2) is 17.8 Å². The topological polar surface area (TPSA) is 75.7 Å². The second-order valence-corrected chi connectivity index (χ2v) is 9.80. The molecule has 6 nitrogen and oxygen atoms in total. The summed E-state index contributed by atoms with van der Waals surface area (Å²) in [6.45, 7) is 0.179. The van der Waals surface area contributed by atoms with Gasteiger partial charge in [-0.15, -0.1) is 0 Å². The Balaban J connectivity index is 1.66. The van der Waals surface area contributed by atoms with Gasteiger partial charge in [-0.1, -0.05) is 61.1 Å². The van der Waals surface area contributed by atoms with Gasteiger partial charge in [-0.2, -0.15) is 0 Å². The highest BCUT2D eigenvalue weighted by Crippen LogP contribution is 2.30. The van der Waals surface area contributed by atoms with E-state index in [4.69, 9.17) is 27.9 Å². The van der Waals surface area contributed by atoms with Gasteiger partial charge in [0.1, 0.15) is 17.9 Å². The van der Waals surface area contributed by atoms with E-state index in [0.29, 0.717) is 31.5 Å². The van der Waals surface area contributed by atoms with Crippen molar-refractivity contribution in [3.8, 4) is 5.75 Å². The van der Waals surface area contributed by atoms with Crippen molar-refractivity contribution in [2.75, 3.05) is 4.90 Å². The van der Waals surface area contributed by atoms with Crippen molar-refractivity contribution >= 4 is 84.7 Å². The van der Waals surface area contributed by atoms with Crippen LogP contribution in [0, 0.1) is 0 Å². The third-order valence-corrected chi connectivity index (χ3v) is 6.60. The molecule has 0 bridgehead atoms. The van der Waals surface area contributed by atoms with Crippen LogP contribution in [-0.2, 0) is 16.2 Å². The number of anilines is 1. The van der Waals surface area contributed by atoms with E-state index in [9.17, 15) is 14.4 Å². The molecule has 0 aliphatic carbocycles. The number of barbiturate groups is 1. The Hall–Kier alpha value is -2.65. The maximum absolute atomic E-state index is 13.2. The van der Waals surface area contributed by atoms with Crippen LogP contribution in [0.1, 0.15) is 11.1 Å². The number of carbonyl (C=O) groups excluding carboxylic acids is 3. The Morgan fingerprint density at radius 2 is 1.59 bits per heavy atom. The summed E-state index contributed by atoms with van der Waals surface area (Å²) in [7, 11) is 0. The minimum Gasteiger partial charge on any atom is -0.488 e. The largest absolute Gasteiger partial charge is 0.488 e. The van der Waals surface area contributed by atoms with Gasteiger partial charge in [-0.25, -0.2) is 9.69 Å². The van der Waals surface area contributed by atoms with Gasteiger partial charge in [0.25, 0.3) is 11.8 Å². The molecule has 4 rings (SSSR count). The lowest BCUT2D eigenvalue weighted by molar-refractivity contribution is -0.122. The second-order valence-electron chi connectivity index (χ2n) is 7.15. The smallest absolute Gasteiger partial charge is 0.335 e. The van der Waals surface area contributed by atoms with Gasteiger partial charge in [0.2, 0.25) is 0 Å². The molecule has 1 saturated heterocycles. The SMILES string of the molecule is O=C1NC(=O)N(c2ccc(Br)cc2)C(=O)/C1=C/c1cc(Br)ccc1OCc1ccc(Cl)c(Cl)c1. The third kappa shape index (κ3) is 5.36. The number of rotatable bonds is 5. The third-order valence-electron chi connectivity index (χ3n) is 4.84. The van der Waals surface area contributed by atoms with Gasteiger partial charge in [0.15, 0.2) is 0 Å². The van der Waals surface area contributed by atoms with Gasteiger partial charge in [-0.3, -0.25) is 14.9 Å². The van der Waals surface area contributed by atoms with E-state index < -0.39 is 17.8 Å². The molecule has 1 aliphatic rings. The zero-order chi connectivity index (χ0) is 24.4. The molecule has 3 aromatic rings. The molecule has 0 aromatic heterocycles. The average Bonchev–Trinajstić information content (AvgIpc) is 2.79. The molecule has 10 heteroatoms. The van der Waals surface area contributed by atoms with Crippen LogP contribution in [0.2, 0.25) is 10.0 Å².